The van der Waals surface area contributed by atoms with Crippen LogP contribution in [0.15, 0.2) is 163 Å². The molecule has 14 heteroatoms. The number of carbonyl (C=O) groups excluding carboxylic acids is 1. The second kappa shape index (κ2) is 15.1. The van der Waals surface area contributed by atoms with Gasteiger partial charge < -0.3 is 16.2 Å². The molecule has 1 amide bonds. The van der Waals surface area contributed by atoms with Gasteiger partial charge in [0.1, 0.15) is 5.69 Å². The number of hydrogen-bond donors (Lipinski definition) is 4. The number of rotatable bonds is 9. The van der Waals surface area contributed by atoms with Gasteiger partial charge in [-0.3, -0.25) is 9.35 Å². The van der Waals surface area contributed by atoms with Crippen LogP contribution in [0.4, 0.5) is 45.5 Å². The van der Waals surface area contributed by atoms with E-state index in [-0.39, 0.29) is 27.9 Å². The van der Waals surface area contributed by atoms with Crippen molar-refractivity contribution >= 4 is 83.1 Å². The van der Waals surface area contributed by atoms with Gasteiger partial charge in [0, 0.05) is 33.1 Å². The number of hydrogen-bond acceptors (Lipinski definition) is 11. The molecule has 5 N–H and O–H groups in total. The number of benzene rings is 7. The average molecular weight is 749 g/mol. The first-order chi connectivity index (χ1) is 26.4. The Morgan fingerprint density at radius 2 is 1.18 bits per heavy atom. The van der Waals surface area contributed by atoms with E-state index in [0.717, 1.165) is 16.8 Å². The fourth-order valence-corrected chi connectivity index (χ4v) is 6.26. The van der Waals surface area contributed by atoms with Crippen LogP contribution in [0.3, 0.4) is 0 Å². The predicted molar refractivity (Wildman–Crippen MR) is 213 cm³/mol. The third-order valence-corrected chi connectivity index (χ3v) is 9.57. The second-order valence-corrected chi connectivity index (χ2v) is 14.0. The minimum atomic E-state index is -4.56. The Kier molecular flexibility index (Phi) is 9.92. The molecule has 0 aromatic heterocycles. The van der Waals surface area contributed by atoms with Crippen molar-refractivity contribution < 1.29 is 22.9 Å². The van der Waals surface area contributed by atoms with E-state index in [4.69, 9.17) is 5.73 Å². The Morgan fingerprint density at radius 1 is 0.600 bits per heavy atom. The van der Waals surface area contributed by atoms with E-state index < -0.39 is 10.1 Å². The largest absolute Gasteiger partial charge is 0.505 e. The van der Waals surface area contributed by atoms with Crippen LogP contribution >= 0.6 is 0 Å². The molecule has 0 fully saturated rings. The van der Waals surface area contributed by atoms with Crippen LogP contribution in [0.1, 0.15) is 21.5 Å². The molecule has 0 bridgehead atoms. The summed E-state index contributed by atoms with van der Waals surface area (Å²) in [4.78, 5) is 12.4. The van der Waals surface area contributed by atoms with E-state index in [1.807, 2.05) is 56.3 Å². The maximum absolute atomic E-state index is 12.7. The summed E-state index contributed by atoms with van der Waals surface area (Å²) < 4.78 is 34.0. The van der Waals surface area contributed by atoms with Gasteiger partial charge in [0.25, 0.3) is 16.0 Å². The number of nitrogens with two attached hydrogens (primary N) is 1. The van der Waals surface area contributed by atoms with Crippen LogP contribution in [0.25, 0.3) is 21.5 Å². The Bertz CT molecular complexity index is 2820. The number of amides is 1. The first kappa shape index (κ1) is 36.2. The fourth-order valence-electron chi connectivity index (χ4n) is 5.75. The number of carbonyl (C=O) groups is 1. The quantitative estimate of drug-likeness (QED) is 0.0641. The molecular formula is C41H32N8O5S. The zero-order valence-electron chi connectivity index (χ0n) is 29.4. The minimum absolute atomic E-state index is 0.145. The lowest BCUT2D eigenvalue weighted by molar-refractivity contribution is 0.102. The van der Waals surface area contributed by atoms with E-state index >= 15 is 0 Å². The molecule has 0 atom stereocenters. The summed E-state index contributed by atoms with van der Waals surface area (Å²) in [6.45, 7) is 3.79. The Balaban J connectivity index is 1.17. The van der Waals surface area contributed by atoms with Crippen molar-refractivity contribution in [3.63, 3.8) is 0 Å². The van der Waals surface area contributed by atoms with Crippen molar-refractivity contribution in [3.8, 4) is 5.75 Å². The number of aromatic hydroxyl groups is 1. The molecule has 272 valence electrons. The maximum Gasteiger partial charge on any atom is 0.294 e. The molecule has 0 saturated carbocycles. The first-order valence-electron chi connectivity index (χ1n) is 16.8. The number of phenols is 1. The molecule has 7 aromatic rings. The highest BCUT2D eigenvalue weighted by atomic mass is 32.2. The number of aryl methyl sites for hydroxylation is 2. The Morgan fingerprint density at radius 3 is 1.85 bits per heavy atom. The average Bonchev–Trinajstić information content (AvgIpc) is 3.17. The molecule has 0 spiro atoms. The smallest absolute Gasteiger partial charge is 0.294 e. The monoisotopic (exact) mass is 748 g/mol. The Hall–Kier alpha value is -7.16. The highest BCUT2D eigenvalue weighted by Gasteiger charge is 2.15. The van der Waals surface area contributed by atoms with E-state index in [2.05, 4.69) is 36.0 Å². The van der Waals surface area contributed by atoms with Crippen molar-refractivity contribution in [1.82, 2.24) is 0 Å². The van der Waals surface area contributed by atoms with Crippen LogP contribution in [0.2, 0.25) is 0 Å². The van der Waals surface area contributed by atoms with Gasteiger partial charge >= 0.3 is 0 Å². The van der Waals surface area contributed by atoms with Crippen LogP contribution in [-0.4, -0.2) is 24.0 Å². The summed E-state index contributed by atoms with van der Waals surface area (Å²) in [5.41, 5.74) is 11.7. The van der Waals surface area contributed by atoms with E-state index in [1.165, 1.54) is 18.2 Å². The molecule has 55 heavy (non-hydrogen) atoms. The standard InChI is InChI=1S/C41H32N8O5S/c1-24-21-39(25(2)20-38(24)48-44-29-6-4-3-5-7-29)49-45-35-18-19-36(34-23-31(55(52,53)54)14-16-33(34)35)46-47-37-17-10-27-22-30(13-15-32(27)40(37)50)43-41(51)26-8-11-28(42)12-9-26/h3-23,50H,42H2,1-2H3,(H,43,51)(H,52,53,54). The second-order valence-electron chi connectivity index (χ2n) is 12.6. The van der Waals surface area contributed by atoms with Crippen molar-refractivity contribution in [2.24, 2.45) is 30.7 Å². The normalized spacial score (nSPS) is 12.1. The first-order valence-corrected chi connectivity index (χ1v) is 18.3. The summed E-state index contributed by atoms with van der Waals surface area (Å²) >= 11 is 0. The number of fused-ring (bicyclic) bond motifs is 2. The third kappa shape index (κ3) is 8.10. The molecule has 0 aliphatic carbocycles. The van der Waals surface area contributed by atoms with Gasteiger partial charge in [-0.05, 0) is 127 Å². The topological polar surface area (TPSA) is 204 Å². The van der Waals surface area contributed by atoms with Gasteiger partial charge in [-0.2, -0.15) is 23.8 Å². The van der Waals surface area contributed by atoms with Crippen LogP contribution < -0.4 is 11.1 Å². The molecule has 0 radical (unpaired) electrons. The molecular weight excluding hydrogens is 717 g/mol. The SMILES string of the molecule is Cc1cc(N=Nc2ccc(N=Nc3ccc4cc(NC(=O)c5ccc(N)cc5)ccc4c3O)c3cc(S(=O)(=O)O)ccc23)c(C)cc1N=Nc1ccccc1. The van der Waals surface area contributed by atoms with Crippen molar-refractivity contribution in [2.75, 3.05) is 11.1 Å². The van der Waals surface area contributed by atoms with Gasteiger partial charge in [-0.25, -0.2) is 0 Å². The van der Waals surface area contributed by atoms with Crippen LogP contribution in [0.5, 0.6) is 5.75 Å². The number of phenolic OH excluding ortho intramolecular Hbond substituents is 1. The van der Waals surface area contributed by atoms with Gasteiger partial charge in [-0.1, -0.05) is 30.3 Å². The molecule has 13 nitrogen and oxygen atoms in total. The van der Waals surface area contributed by atoms with E-state index in [1.54, 1.807) is 66.7 Å². The van der Waals surface area contributed by atoms with Crippen molar-refractivity contribution in [2.45, 2.75) is 18.7 Å². The highest BCUT2D eigenvalue weighted by molar-refractivity contribution is 7.85. The maximum atomic E-state index is 12.7. The molecule has 0 saturated heterocycles. The number of nitrogens with zero attached hydrogens (tertiary/aromatic N) is 6. The number of azo groups is 3. The van der Waals surface area contributed by atoms with Gasteiger partial charge in [0.05, 0.1) is 33.3 Å². The molecule has 7 aromatic carbocycles. The lowest BCUT2D eigenvalue weighted by Crippen LogP contribution is -2.11. The summed E-state index contributed by atoms with van der Waals surface area (Å²) in [6.07, 6.45) is 0. The predicted octanol–water partition coefficient (Wildman–Crippen LogP) is 11.6. The minimum Gasteiger partial charge on any atom is -0.505 e. The summed E-state index contributed by atoms with van der Waals surface area (Å²) in [6, 6.07) is 35.3. The molecule has 0 aliphatic heterocycles. The summed E-state index contributed by atoms with van der Waals surface area (Å²) in [5.74, 6) is -0.461. The van der Waals surface area contributed by atoms with Gasteiger partial charge in [0.15, 0.2) is 5.75 Å². The van der Waals surface area contributed by atoms with Crippen LogP contribution in [-0.2, 0) is 10.1 Å². The van der Waals surface area contributed by atoms with E-state index in [0.29, 0.717) is 55.5 Å². The zero-order chi connectivity index (χ0) is 38.7. The zero-order valence-corrected chi connectivity index (χ0v) is 30.2. The fraction of sp³-hybridized carbons (Fsp3) is 0.0488. The van der Waals surface area contributed by atoms with Crippen molar-refractivity contribution in [1.29, 1.82) is 0 Å². The molecule has 7 rings (SSSR count). The molecule has 0 aliphatic rings. The lowest BCUT2D eigenvalue weighted by atomic mass is 10.1. The summed E-state index contributed by atoms with van der Waals surface area (Å²) in [5, 5.41) is 42.2. The highest BCUT2D eigenvalue weighted by Crippen LogP contribution is 2.40. The summed E-state index contributed by atoms with van der Waals surface area (Å²) in [7, 11) is -4.56. The number of nitrogens with one attached hydrogen (secondary N) is 1. The van der Waals surface area contributed by atoms with Crippen molar-refractivity contribution in [3.05, 3.63) is 144 Å². The molecule has 0 unspecified atom stereocenters. The number of anilines is 2. The van der Waals surface area contributed by atoms with Gasteiger partial charge in [-0.15, -0.1) is 15.3 Å². The number of nitrogen functional groups attached to an aromatic ring is 1. The van der Waals surface area contributed by atoms with E-state index in [9.17, 15) is 22.9 Å². The third-order valence-electron chi connectivity index (χ3n) is 8.72. The van der Waals surface area contributed by atoms with Crippen LogP contribution in [0, 0.1) is 13.8 Å². The Labute approximate surface area is 315 Å². The lowest BCUT2D eigenvalue weighted by Gasteiger charge is -2.09. The van der Waals surface area contributed by atoms with Gasteiger partial charge in [0.2, 0.25) is 0 Å². The molecule has 0 heterocycles.